The van der Waals surface area contributed by atoms with E-state index in [1.165, 1.54) is 0 Å². The largest absolute Gasteiger partial charge is 0.490 e. The lowest BCUT2D eigenvalue weighted by Gasteiger charge is -2.20. The van der Waals surface area contributed by atoms with E-state index in [4.69, 9.17) is 14.4 Å². The van der Waals surface area contributed by atoms with E-state index in [-0.39, 0.29) is 13.2 Å². The Hall–Kier alpha value is -2.97. The third kappa shape index (κ3) is 5.26. The molecule has 0 aliphatic heterocycles. The third-order valence-electron chi connectivity index (χ3n) is 5.32. The number of benzene rings is 1. The zero-order valence-corrected chi connectivity index (χ0v) is 19.4. The van der Waals surface area contributed by atoms with Crippen LogP contribution in [-0.2, 0) is 6.42 Å². The number of aliphatic hydroxyl groups is 2. The summed E-state index contributed by atoms with van der Waals surface area (Å²) in [7, 11) is 0. The van der Waals surface area contributed by atoms with Crippen LogP contribution < -0.4 is 9.64 Å². The Balaban J connectivity index is 1.92. The Labute approximate surface area is 188 Å². The molecule has 0 aliphatic carbocycles. The molecule has 32 heavy (non-hydrogen) atoms. The molecule has 0 bridgehead atoms. The quantitative estimate of drug-likeness (QED) is 0.493. The van der Waals surface area contributed by atoms with Gasteiger partial charge in [-0.15, -0.1) is 0 Å². The first-order chi connectivity index (χ1) is 15.4. The number of hydrogen-bond donors (Lipinski definition) is 2. The lowest BCUT2D eigenvalue weighted by molar-refractivity contribution is 0.0531. The van der Waals surface area contributed by atoms with Crippen LogP contribution in [0, 0.1) is 13.8 Å². The molecule has 0 radical (unpaired) electrons. The predicted molar refractivity (Wildman–Crippen MR) is 124 cm³/mol. The van der Waals surface area contributed by atoms with Gasteiger partial charge in [0.1, 0.15) is 24.3 Å². The highest BCUT2D eigenvalue weighted by Gasteiger charge is 2.17. The summed E-state index contributed by atoms with van der Waals surface area (Å²) in [5.74, 6) is 2.54. The SMILES string of the molecule is CCc1cc(-c2noc(-c3cc(C)nc(N(CC)CC)c3)n2)cc(C)c1OCC(O)CO. The molecule has 2 aromatic heterocycles. The van der Waals surface area contributed by atoms with Crippen molar-refractivity contribution in [1.82, 2.24) is 15.1 Å². The Kier molecular flexibility index (Phi) is 7.82. The van der Waals surface area contributed by atoms with E-state index in [9.17, 15) is 5.11 Å². The van der Waals surface area contributed by atoms with Crippen molar-refractivity contribution >= 4 is 5.82 Å². The Morgan fingerprint density at radius 1 is 1.03 bits per heavy atom. The van der Waals surface area contributed by atoms with Crippen molar-refractivity contribution in [2.45, 2.75) is 47.1 Å². The topological polar surface area (TPSA) is 105 Å². The normalized spacial score (nSPS) is 12.1. The molecule has 0 aliphatic rings. The molecule has 0 spiro atoms. The van der Waals surface area contributed by atoms with Gasteiger partial charge in [0.15, 0.2) is 0 Å². The maximum atomic E-state index is 9.61. The summed E-state index contributed by atoms with van der Waals surface area (Å²) in [6.07, 6.45) is -0.177. The van der Waals surface area contributed by atoms with Gasteiger partial charge in [-0.05, 0) is 69.5 Å². The van der Waals surface area contributed by atoms with Gasteiger partial charge >= 0.3 is 0 Å². The molecule has 2 heterocycles. The average molecular weight is 441 g/mol. The number of nitrogens with zero attached hydrogens (tertiary/aromatic N) is 4. The van der Waals surface area contributed by atoms with Gasteiger partial charge in [-0.3, -0.25) is 0 Å². The molecule has 0 fully saturated rings. The standard InChI is InChI=1S/C24H32N4O4/c1-6-17-11-18(9-15(4)22(17)31-14-20(30)13-29)23-26-24(32-27-23)19-10-16(5)25-21(12-19)28(7-2)8-3/h9-12,20,29-30H,6-8,13-14H2,1-5H3. The third-order valence-corrected chi connectivity index (χ3v) is 5.32. The number of anilines is 1. The van der Waals surface area contributed by atoms with Gasteiger partial charge in [-0.1, -0.05) is 12.1 Å². The minimum atomic E-state index is -0.913. The first kappa shape index (κ1) is 23.7. The van der Waals surface area contributed by atoms with E-state index in [2.05, 4.69) is 33.9 Å². The number of aromatic nitrogens is 3. The van der Waals surface area contributed by atoms with Gasteiger partial charge in [0.25, 0.3) is 5.89 Å². The fourth-order valence-electron chi connectivity index (χ4n) is 3.62. The van der Waals surface area contributed by atoms with E-state index < -0.39 is 6.10 Å². The van der Waals surface area contributed by atoms with Crippen LogP contribution in [0.4, 0.5) is 5.82 Å². The van der Waals surface area contributed by atoms with Gasteiger partial charge < -0.3 is 24.4 Å². The summed E-state index contributed by atoms with van der Waals surface area (Å²) < 4.78 is 11.4. The van der Waals surface area contributed by atoms with Gasteiger partial charge in [0.05, 0.1) is 6.61 Å². The van der Waals surface area contributed by atoms with Crippen LogP contribution >= 0.6 is 0 Å². The predicted octanol–water partition coefficient (Wildman–Crippen LogP) is 3.56. The van der Waals surface area contributed by atoms with Crippen LogP contribution in [0.2, 0.25) is 0 Å². The number of hydrogen-bond acceptors (Lipinski definition) is 8. The van der Waals surface area contributed by atoms with Crippen LogP contribution in [-0.4, -0.2) is 57.7 Å². The molecule has 1 unspecified atom stereocenters. The van der Waals surface area contributed by atoms with E-state index in [0.717, 1.165) is 53.3 Å². The van der Waals surface area contributed by atoms with Crippen LogP contribution in [0.3, 0.4) is 0 Å². The number of aryl methyl sites for hydroxylation is 3. The number of aliphatic hydroxyl groups excluding tert-OH is 2. The molecule has 8 heteroatoms. The average Bonchev–Trinajstić information content (AvgIpc) is 3.28. The highest BCUT2D eigenvalue weighted by atomic mass is 16.5. The Morgan fingerprint density at radius 3 is 2.44 bits per heavy atom. The second-order valence-corrected chi connectivity index (χ2v) is 7.73. The van der Waals surface area contributed by atoms with Gasteiger partial charge in [0.2, 0.25) is 5.82 Å². The zero-order valence-electron chi connectivity index (χ0n) is 19.4. The van der Waals surface area contributed by atoms with Gasteiger partial charge in [0, 0.05) is 29.9 Å². The van der Waals surface area contributed by atoms with Gasteiger partial charge in [-0.2, -0.15) is 4.98 Å². The maximum Gasteiger partial charge on any atom is 0.258 e. The molecule has 8 nitrogen and oxygen atoms in total. The first-order valence-electron chi connectivity index (χ1n) is 11.0. The summed E-state index contributed by atoms with van der Waals surface area (Å²) in [5.41, 5.74) is 4.43. The summed E-state index contributed by atoms with van der Waals surface area (Å²) >= 11 is 0. The molecule has 1 aromatic carbocycles. The lowest BCUT2D eigenvalue weighted by atomic mass is 10.0. The highest BCUT2D eigenvalue weighted by Crippen LogP contribution is 2.32. The summed E-state index contributed by atoms with van der Waals surface area (Å²) in [5, 5.41) is 22.8. The molecule has 0 saturated carbocycles. The zero-order chi connectivity index (χ0) is 23.3. The van der Waals surface area contributed by atoms with Crippen molar-refractivity contribution in [3.63, 3.8) is 0 Å². The summed E-state index contributed by atoms with van der Waals surface area (Å²) in [6.45, 7) is 11.6. The van der Waals surface area contributed by atoms with Crippen LogP contribution in [0.1, 0.15) is 37.6 Å². The maximum absolute atomic E-state index is 9.61. The van der Waals surface area contributed by atoms with E-state index >= 15 is 0 Å². The Morgan fingerprint density at radius 2 is 1.78 bits per heavy atom. The van der Waals surface area contributed by atoms with E-state index in [1.54, 1.807) is 0 Å². The van der Waals surface area contributed by atoms with E-state index in [0.29, 0.717) is 17.5 Å². The monoisotopic (exact) mass is 440 g/mol. The van der Waals surface area contributed by atoms with Crippen molar-refractivity contribution in [2.24, 2.45) is 0 Å². The minimum absolute atomic E-state index is 0.0340. The fourth-order valence-corrected chi connectivity index (χ4v) is 3.62. The smallest absolute Gasteiger partial charge is 0.258 e. The summed E-state index contributed by atoms with van der Waals surface area (Å²) in [4.78, 5) is 11.5. The highest BCUT2D eigenvalue weighted by molar-refractivity contribution is 5.65. The Bertz CT molecular complexity index is 1050. The summed E-state index contributed by atoms with van der Waals surface area (Å²) in [6, 6.07) is 7.83. The number of ether oxygens (including phenoxy) is 1. The van der Waals surface area contributed by atoms with Gasteiger partial charge in [-0.25, -0.2) is 4.98 Å². The molecule has 2 N–H and O–H groups in total. The van der Waals surface area contributed by atoms with Crippen molar-refractivity contribution in [3.05, 3.63) is 41.1 Å². The van der Waals surface area contributed by atoms with Crippen molar-refractivity contribution in [1.29, 1.82) is 0 Å². The molecule has 172 valence electrons. The fraction of sp³-hybridized carbons (Fsp3) is 0.458. The first-order valence-corrected chi connectivity index (χ1v) is 11.0. The molecular formula is C24H32N4O4. The molecular weight excluding hydrogens is 408 g/mol. The minimum Gasteiger partial charge on any atom is -0.490 e. The second kappa shape index (κ2) is 10.6. The second-order valence-electron chi connectivity index (χ2n) is 7.73. The van der Waals surface area contributed by atoms with Crippen molar-refractivity contribution < 1.29 is 19.5 Å². The van der Waals surface area contributed by atoms with Crippen LogP contribution in [0.15, 0.2) is 28.8 Å². The van der Waals surface area contributed by atoms with Crippen molar-refractivity contribution in [2.75, 3.05) is 31.2 Å². The molecule has 3 aromatic rings. The number of pyridine rings is 1. The van der Waals surface area contributed by atoms with E-state index in [1.807, 2.05) is 45.0 Å². The molecule has 0 amide bonds. The van der Waals surface area contributed by atoms with Crippen molar-refractivity contribution in [3.8, 4) is 28.6 Å². The van der Waals surface area contributed by atoms with Crippen LogP contribution in [0.5, 0.6) is 5.75 Å². The number of rotatable bonds is 10. The molecule has 3 rings (SSSR count). The van der Waals surface area contributed by atoms with Crippen LogP contribution in [0.25, 0.3) is 22.8 Å². The molecule has 0 saturated heterocycles. The molecule has 1 atom stereocenters. The lowest BCUT2D eigenvalue weighted by Crippen LogP contribution is -2.23.